The van der Waals surface area contributed by atoms with E-state index in [4.69, 9.17) is 9.47 Å². The van der Waals surface area contributed by atoms with Crippen molar-refractivity contribution in [2.75, 3.05) is 40.4 Å². The highest BCUT2D eigenvalue weighted by atomic mass is 16.5. The molecule has 0 spiro atoms. The fourth-order valence-electron chi connectivity index (χ4n) is 2.93. The van der Waals surface area contributed by atoms with Gasteiger partial charge in [0.05, 0.1) is 7.11 Å². The van der Waals surface area contributed by atoms with Gasteiger partial charge in [-0.15, -0.1) is 0 Å². The molecular formula is C21H34N2O3. The predicted molar refractivity (Wildman–Crippen MR) is 106 cm³/mol. The number of methoxy groups -OCH3 is 1. The Bertz CT molecular complexity index is 601. The highest BCUT2D eigenvalue weighted by Gasteiger charge is 2.15. The molecule has 0 saturated carbocycles. The molecule has 1 heterocycles. The SMILES string of the molecule is COc1cc(CN2CC=C(C)CC2)ccc1OC[C@H](O)CN(C)C(C)C. The number of aliphatic hydroxyl groups excluding tert-OH is 1. The molecule has 0 aliphatic carbocycles. The van der Waals surface area contributed by atoms with Gasteiger partial charge in [-0.1, -0.05) is 17.7 Å². The van der Waals surface area contributed by atoms with Crippen molar-refractivity contribution in [3.63, 3.8) is 0 Å². The molecule has 0 radical (unpaired) electrons. The van der Waals surface area contributed by atoms with Crippen molar-refractivity contribution >= 4 is 0 Å². The molecule has 5 heteroatoms. The number of hydrogen-bond donors (Lipinski definition) is 1. The lowest BCUT2D eigenvalue weighted by molar-refractivity contribution is 0.0668. The monoisotopic (exact) mass is 362 g/mol. The van der Waals surface area contributed by atoms with E-state index in [1.165, 1.54) is 11.1 Å². The summed E-state index contributed by atoms with van der Waals surface area (Å²) in [4.78, 5) is 4.52. The van der Waals surface area contributed by atoms with E-state index in [9.17, 15) is 5.11 Å². The topological polar surface area (TPSA) is 45.2 Å². The van der Waals surface area contributed by atoms with E-state index >= 15 is 0 Å². The summed E-state index contributed by atoms with van der Waals surface area (Å²) < 4.78 is 11.3. The van der Waals surface area contributed by atoms with Gasteiger partial charge < -0.3 is 19.5 Å². The quantitative estimate of drug-likeness (QED) is 0.685. The Morgan fingerprint density at radius 1 is 1.27 bits per heavy atom. The Balaban J connectivity index is 1.91. The number of nitrogens with zero attached hydrogens (tertiary/aromatic N) is 2. The lowest BCUT2D eigenvalue weighted by Gasteiger charge is -2.26. The van der Waals surface area contributed by atoms with Crippen LogP contribution in [0.4, 0.5) is 0 Å². The van der Waals surface area contributed by atoms with Crippen molar-refractivity contribution < 1.29 is 14.6 Å². The van der Waals surface area contributed by atoms with Crippen LogP contribution in [-0.4, -0.2) is 67.5 Å². The minimum Gasteiger partial charge on any atom is -0.493 e. The molecule has 1 aromatic carbocycles. The normalized spacial score (nSPS) is 16.7. The van der Waals surface area contributed by atoms with Gasteiger partial charge in [-0.25, -0.2) is 0 Å². The molecule has 0 bridgehead atoms. The van der Waals surface area contributed by atoms with Gasteiger partial charge in [0.2, 0.25) is 0 Å². The zero-order chi connectivity index (χ0) is 19.1. The zero-order valence-corrected chi connectivity index (χ0v) is 16.9. The third-order valence-corrected chi connectivity index (χ3v) is 4.97. The number of likely N-dealkylation sites (N-methyl/N-ethyl adjacent to an activating group) is 1. The molecule has 0 fully saturated rings. The largest absolute Gasteiger partial charge is 0.493 e. The second-order valence-corrected chi connectivity index (χ2v) is 7.52. The van der Waals surface area contributed by atoms with Gasteiger partial charge in [-0.2, -0.15) is 0 Å². The molecule has 1 aliphatic heterocycles. The first-order chi connectivity index (χ1) is 12.4. The number of benzene rings is 1. The van der Waals surface area contributed by atoms with E-state index < -0.39 is 6.10 Å². The summed E-state index contributed by atoms with van der Waals surface area (Å²) in [5.41, 5.74) is 2.69. The van der Waals surface area contributed by atoms with Crippen LogP contribution in [0.25, 0.3) is 0 Å². The van der Waals surface area contributed by atoms with Crippen LogP contribution >= 0.6 is 0 Å². The molecular weight excluding hydrogens is 328 g/mol. The van der Waals surface area contributed by atoms with E-state index in [1.54, 1.807) is 7.11 Å². The van der Waals surface area contributed by atoms with Gasteiger partial charge in [-0.05, 0) is 51.9 Å². The second kappa shape index (κ2) is 9.95. The smallest absolute Gasteiger partial charge is 0.161 e. The van der Waals surface area contributed by atoms with Gasteiger partial charge >= 0.3 is 0 Å². The van der Waals surface area contributed by atoms with Crippen LogP contribution in [0.2, 0.25) is 0 Å². The highest BCUT2D eigenvalue weighted by molar-refractivity contribution is 5.43. The minimum absolute atomic E-state index is 0.253. The molecule has 1 atom stereocenters. The molecule has 26 heavy (non-hydrogen) atoms. The third kappa shape index (κ3) is 6.31. The Morgan fingerprint density at radius 3 is 2.65 bits per heavy atom. The maximum absolute atomic E-state index is 10.2. The van der Waals surface area contributed by atoms with E-state index in [0.29, 0.717) is 18.3 Å². The first-order valence-corrected chi connectivity index (χ1v) is 9.45. The van der Waals surface area contributed by atoms with Crippen LogP contribution in [0.15, 0.2) is 29.8 Å². The molecule has 1 aromatic rings. The summed E-state index contributed by atoms with van der Waals surface area (Å²) in [6.07, 6.45) is 2.91. The standard InChI is InChI=1S/C21H34N2O3/c1-16(2)22(4)14-19(24)15-26-20-7-6-18(12-21(20)25-5)13-23-10-8-17(3)9-11-23/h6-8,12,16,19,24H,9-11,13-15H2,1-5H3/t19-/m1/s1. The highest BCUT2D eigenvalue weighted by Crippen LogP contribution is 2.29. The fraction of sp³-hybridized carbons (Fsp3) is 0.619. The van der Waals surface area contributed by atoms with Crippen LogP contribution in [0.5, 0.6) is 11.5 Å². The van der Waals surface area contributed by atoms with E-state index in [-0.39, 0.29) is 6.61 Å². The van der Waals surface area contributed by atoms with Crippen LogP contribution in [0, 0.1) is 0 Å². The van der Waals surface area contributed by atoms with Crippen molar-refractivity contribution in [1.82, 2.24) is 9.80 Å². The van der Waals surface area contributed by atoms with Gasteiger partial charge in [0.1, 0.15) is 12.7 Å². The molecule has 0 saturated heterocycles. The van der Waals surface area contributed by atoms with Gasteiger partial charge in [0.15, 0.2) is 11.5 Å². The molecule has 2 rings (SSSR count). The summed E-state index contributed by atoms with van der Waals surface area (Å²) in [5.74, 6) is 1.40. The van der Waals surface area contributed by atoms with Gasteiger partial charge in [0.25, 0.3) is 0 Å². The Labute approximate surface area is 158 Å². The summed E-state index contributed by atoms with van der Waals surface area (Å²) >= 11 is 0. The van der Waals surface area contributed by atoms with Crippen LogP contribution in [0.3, 0.4) is 0 Å². The van der Waals surface area contributed by atoms with Gasteiger partial charge in [0, 0.05) is 32.2 Å². The minimum atomic E-state index is -0.532. The van der Waals surface area contributed by atoms with Crippen LogP contribution in [-0.2, 0) is 6.54 Å². The molecule has 146 valence electrons. The van der Waals surface area contributed by atoms with E-state index in [1.807, 2.05) is 19.2 Å². The molecule has 0 unspecified atom stereocenters. The van der Waals surface area contributed by atoms with Crippen molar-refractivity contribution in [2.45, 2.75) is 45.9 Å². The first kappa shape index (κ1) is 20.7. The number of aliphatic hydroxyl groups is 1. The van der Waals surface area contributed by atoms with Crippen LogP contribution in [0.1, 0.15) is 32.8 Å². The molecule has 0 aromatic heterocycles. The number of rotatable bonds is 9. The molecule has 1 aliphatic rings. The Morgan fingerprint density at radius 2 is 2.04 bits per heavy atom. The molecule has 1 N–H and O–H groups in total. The molecule has 5 nitrogen and oxygen atoms in total. The molecule has 0 amide bonds. The Kier molecular flexibility index (Phi) is 7.94. The zero-order valence-electron chi connectivity index (χ0n) is 16.9. The average Bonchev–Trinajstić information content (AvgIpc) is 2.62. The van der Waals surface area contributed by atoms with Gasteiger partial charge in [-0.3, -0.25) is 4.90 Å². The first-order valence-electron chi connectivity index (χ1n) is 9.45. The lowest BCUT2D eigenvalue weighted by Crippen LogP contribution is -2.37. The maximum atomic E-state index is 10.2. The third-order valence-electron chi connectivity index (χ3n) is 4.97. The van der Waals surface area contributed by atoms with Crippen molar-refractivity contribution in [3.05, 3.63) is 35.4 Å². The van der Waals surface area contributed by atoms with E-state index in [2.05, 4.69) is 42.7 Å². The van der Waals surface area contributed by atoms with E-state index in [0.717, 1.165) is 31.8 Å². The van der Waals surface area contributed by atoms with Crippen LogP contribution < -0.4 is 9.47 Å². The van der Waals surface area contributed by atoms with Crippen molar-refractivity contribution in [2.24, 2.45) is 0 Å². The fourth-order valence-corrected chi connectivity index (χ4v) is 2.93. The average molecular weight is 363 g/mol. The summed E-state index contributed by atoms with van der Waals surface area (Å²) in [6.45, 7) is 10.2. The predicted octanol–water partition coefficient (Wildman–Crippen LogP) is 2.93. The summed E-state index contributed by atoms with van der Waals surface area (Å²) in [5, 5.41) is 10.2. The second-order valence-electron chi connectivity index (χ2n) is 7.52. The summed E-state index contributed by atoms with van der Waals surface area (Å²) in [7, 11) is 3.66. The summed E-state index contributed by atoms with van der Waals surface area (Å²) in [6, 6.07) is 6.45. The Hall–Kier alpha value is -1.56. The van der Waals surface area contributed by atoms with Crippen molar-refractivity contribution in [3.8, 4) is 11.5 Å². The number of ether oxygens (including phenoxy) is 2. The van der Waals surface area contributed by atoms with Crippen molar-refractivity contribution in [1.29, 1.82) is 0 Å². The maximum Gasteiger partial charge on any atom is 0.161 e. The number of hydrogen-bond acceptors (Lipinski definition) is 5. The lowest BCUT2D eigenvalue weighted by atomic mass is 10.1.